The zero-order chi connectivity index (χ0) is 20.7. The molecule has 0 saturated carbocycles. The fourth-order valence-electron chi connectivity index (χ4n) is 3.45. The van der Waals surface area contributed by atoms with E-state index in [4.69, 9.17) is 4.74 Å². The first-order valence-electron chi connectivity index (χ1n) is 8.63. The summed E-state index contributed by atoms with van der Waals surface area (Å²) < 4.78 is 46.2. The van der Waals surface area contributed by atoms with Crippen molar-refractivity contribution in [3.8, 4) is 5.75 Å². The Kier molecular flexibility index (Phi) is 5.01. The minimum absolute atomic E-state index is 0.0896. The summed E-state index contributed by atoms with van der Waals surface area (Å²) in [5, 5.41) is 20.3. The maximum atomic E-state index is 13.5. The van der Waals surface area contributed by atoms with Gasteiger partial charge in [0.1, 0.15) is 24.0 Å². The fourth-order valence-corrected chi connectivity index (χ4v) is 3.45. The van der Waals surface area contributed by atoms with Crippen molar-refractivity contribution in [2.45, 2.75) is 37.8 Å². The summed E-state index contributed by atoms with van der Waals surface area (Å²) in [4.78, 5) is 12.9. The van der Waals surface area contributed by atoms with E-state index in [0.717, 1.165) is 6.07 Å². The molecule has 0 amide bonds. The van der Waals surface area contributed by atoms with Gasteiger partial charge in [-0.2, -0.15) is 13.2 Å². The highest BCUT2D eigenvalue weighted by atomic mass is 19.4. The number of halogens is 3. The molecule has 2 atom stereocenters. The Hall–Kier alpha value is -2.74. The van der Waals surface area contributed by atoms with Crippen LogP contribution in [0.1, 0.15) is 31.0 Å². The zero-order valence-electron chi connectivity index (χ0n) is 15.3. The van der Waals surface area contributed by atoms with Gasteiger partial charge >= 0.3 is 12.1 Å². The zero-order valence-corrected chi connectivity index (χ0v) is 15.3. The van der Waals surface area contributed by atoms with E-state index in [1.54, 1.807) is 30.3 Å². The van der Waals surface area contributed by atoms with Crippen LogP contribution in [0.5, 0.6) is 5.75 Å². The number of anilines is 1. The maximum absolute atomic E-state index is 13.5. The van der Waals surface area contributed by atoms with Crippen LogP contribution in [0.25, 0.3) is 0 Å². The molecule has 2 aromatic rings. The molecule has 5 nitrogen and oxygen atoms in total. The molecule has 3 rings (SSSR count). The number of fused-ring (bicyclic) bond motifs is 1. The lowest BCUT2D eigenvalue weighted by Crippen LogP contribution is -2.54. The van der Waals surface area contributed by atoms with Crippen molar-refractivity contribution in [2.75, 3.05) is 11.4 Å². The van der Waals surface area contributed by atoms with Gasteiger partial charge in [0.05, 0.1) is 11.6 Å². The van der Waals surface area contributed by atoms with Crippen molar-refractivity contribution in [1.82, 2.24) is 0 Å². The SMILES string of the molecule is CC1(C)Oc2c(cccc2C(F)(F)F)C(N(CC(=O)O)c2ccccc2)C1O. The Morgan fingerprint density at radius 3 is 2.36 bits per heavy atom. The molecule has 1 aliphatic rings. The third-order valence-corrected chi connectivity index (χ3v) is 4.78. The molecular formula is C20H20F3NO4. The van der Waals surface area contributed by atoms with Gasteiger partial charge in [0.25, 0.3) is 0 Å². The van der Waals surface area contributed by atoms with E-state index in [0.29, 0.717) is 5.69 Å². The van der Waals surface area contributed by atoms with Crippen LogP contribution in [0.15, 0.2) is 48.5 Å². The molecule has 1 aliphatic heterocycles. The van der Waals surface area contributed by atoms with E-state index in [-0.39, 0.29) is 11.3 Å². The van der Waals surface area contributed by atoms with Crippen LogP contribution in [-0.4, -0.2) is 34.4 Å². The maximum Gasteiger partial charge on any atom is 0.419 e. The highest BCUT2D eigenvalue weighted by Gasteiger charge is 2.49. The number of hydrogen-bond acceptors (Lipinski definition) is 4. The minimum Gasteiger partial charge on any atom is -0.484 e. The highest BCUT2D eigenvalue weighted by molar-refractivity contribution is 5.74. The standard InChI is InChI=1S/C20H20F3NO4/c1-19(2)18(27)16(24(11-15(25)26)12-7-4-3-5-8-12)13-9-6-10-14(17(13)28-19)20(21,22)23/h3-10,16,18,27H,11H2,1-2H3,(H,25,26). The lowest BCUT2D eigenvalue weighted by molar-refractivity contribution is -0.143. The second-order valence-electron chi connectivity index (χ2n) is 7.17. The Morgan fingerprint density at radius 2 is 1.79 bits per heavy atom. The predicted octanol–water partition coefficient (Wildman–Crippen LogP) is 3.87. The average Bonchev–Trinajstić information content (AvgIpc) is 2.60. The number of carboxylic acid groups (broad SMARTS) is 1. The topological polar surface area (TPSA) is 70.0 Å². The number of aliphatic hydroxyl groups excluding tert-OH is 1. The predicted molar refractivity (Wildman–Crippen MR) is 96.3 cm³/mol. The molecule has 0 bridgehead atoms. The van der Waals surface area contributed by atoms with Gasteiger partial charge in [-0.1, -0.05) is 30.3 Å². The second-order valence-corrected chi connectivity index (χ2v) is 7.17. The number of ether oxygens (including phenoxy) is 1. The van der Waals surface area contributed by atoms with Crippen molar-refractivity contribution in [1.29, 1.82) is 0 Å². The highest BCUT2D eigenvalue weighted by Crippen LogP contribution is 2.49. The van der Waals surface area contributed by atoms with Crippen LogP contribution in [0.2, 0.25) is 0 Å². The molecule has 2 unspecified atom stereocenters. The van der Waals surface area contributed by atoms with Crippen LogP contribution >= 0.6 is 0 Å². The molecule has 2 N–H and O–H groups in total. The second kappa shape index (κ2) is 7.01. The minimum atomic E-state index is -4.65. The third-order valence-electron chi connectivity index (χ3n) is 4.78. The number of aliphatic hydroxyl groups is 1. The Bertz CT molecular complexity index is 867. The summed E-state index contributed by atoms with van der Waals surface area (Å²) in [5.41, 5.74) is -1.77. The Morgan fingerprint density at radius 1 is 1.14 bits per heavy atom. The summed E-state index contributed by atoms with van der Waals surface area (Å²) in [5.74, 6) is -1.56. The van der Waals surface area contributed by atoms with Crippen molar-refractivity contribution < 1.29 is 32.9 Å². The smallest absolute Gasteiger partial charge is 0.419 e. The van der Waals surface area contributed by atoms with Gasteiger partial charge < -0.3 is 19.8 Å². The molecule has 0 spiro atoms. The number of para-hydroxylation sites is 2. The van der Waals surface area contributed by atoms with Gasteiger partial charge in [0, 0.05) is 11.3 Å². The number of carboxylic acids is 1. The number of carbonyl (C=O) groups is 1. The van der Waals surface area contributed by atoms with Gasteiger partial charge in [0.2, 0.25) is 0 Å². The fraction of sp³-hybridized carbons (Fsp3) is 0.350. The summed E-state index contributed by atoms with van der Waals surface area (Å²) in [6.07, 6.45) is -5.93. The quantitative estimate of drug-likeness (QED) is 0.823. The van der Waals surface area contributed by atoms with E-state index < -0.39 is 42.0 Å². The van der Waals surface area contributed by atoms with E-state index in [1.165, 1.54) is 30.9 Å². The van der Waals surface area contributed by atoms with E-state index >= 15 is 0 Å². The summed E-state index contributed by atoms with van der Waals surface area (Å²) >= 11 is 0. The number of aliphatic carboxylic acids is 1. The Balaban J connectivity index is 2.23. The summed E-state index contributed by atoms with van der Waals surface area (Å²) in [6, 6.07) is 10.9. The number of benzene rings is 2. The van der Waals surface area contributed by atoms with Crippen molar-refractivity contribution in [2.24, 2.45) is 0 Å². The molecule has 0 aliphatic carbocycles. The van der Waals surface area contributed by atoms with Gasteiger partial charge in [-0.15, -0.1) is 0 Å². The number of rotatable bonds is 4. The van der Waals surface area contributed by atoms with Crippen molar-refractivity contribution in [3.05, 3.63) is 59.7 Å². The molecule has 0 fully saturated rings. The van der Waals surface area contributed by atoms with Crippen LogP contribution in [0.4, 0.5) is 18.9 Å². The first-order chi connectivity index (χ1) is 13.0. The van der Waals surface area contributed by atoms with E-state index in [9.17, 15) is 28.2 Å². The van der Waals surface area contributed by atoms with Gasteiger partial charge in [-0.05, 0) is 32.0 Å². The van der Waals surface area contributed by atoms with Crippen LogP contribution in [-0.2, 0) is 11.0 Å². The van der Waals surface area contributed by atoms with Gasteiger partial charge in [-0.25, -0.2) is 0 Å². The van der Waals surface area contributed by atoms with Crippen LogP contribution in [0, 0.1) is 0 Å². The molecule has 8 heteroatoms. The van der Waals surface area contributed by atoms with Crippen molar-refractivity contribution >= 4 is 11.7 Å². The molecule has 0 radical (unpaired) electrons. The molecule has 0 saturated heterocycles. The van der Waals surface area contributed by atoms with E-state index in [1.807, 2.05) is 0 Å². The molecular weight excluding hydrogens is 375 g/mol. The van der Waals surface area contributed by atoms with Gasteiger partial charge in [-0.3, -0.25) is 4.79 Å². The molecule has 2 aromatic carbocycles. The lowest BCUT2D eigenvalue weighted by Gasteiger charge is -2.47. The summed E-state index contributed by atoms with van der Waals surface area (Å²) in [7, 11) is 0. The normalized spacial score (nSPS) is 20.8. The number of alkyl halides is 3. The largest absolute Gasteiger partial charge is 0.484 e. The van der Waals surface area contributed by atoms with Crippen molar-refractivity contribution in [3.63, 3.8) is 0 Å². The molecule has 28 heavy (non-hydrogen) atoms. The first-order valence-corrected chi connectivity index (χ1v) is 8.63. The lowest BCUT2D eigenvalue weighted by atomic mass is 9.84. The molecule has 0 aromatic heterocycles. The van der Waals surface area contributed by atoms with E-state index in [2.05, 4.69) is 0 Å². The van der Waals surface area contributed by atoms with Gasteiger partial charge in [0.15, 0.2) is 0 Å². The third kappa shape index (κ3) is 3.64. The Labute approximate surface area is 160 Å². The molecule has 150 valence electrons. The summed E-state index contributed by atoms with van der Waals surface area (Å²) in [6.45, 7) is 2.45. The first kappa shape index (κ1) is 20.0. The average molecular weight is 395 g/mol. The molecule has 1 heterocycles. The monoisotopic (exact) mass is 395 g/mol. The number of hydrogen-bond donors (Lipinski definition) is 2. The van der Waals surface area contributed by atoms with Crippen LogP contribution < -0.4 is 9.64 Å². The number of nitrogens with zero attached hydrogens (tertiary/aromatic N) is 1. The van der Waals surface area contributed by atoms with Crippen LogP contribution in [0.3, 0.4) is 0 Å².